The predicted octanol–water partition coefficient (Wildman–Crippen LogP) is 3.94. The Balaban J connectivity index is 1.81. The molecule has 4 aromatic rings. The minimum Gasteiger partial charge on any atom is -0.386 e. The van der Waals surface area contributed by atoms with Crippen LogP contribution in [0.2, 0.25) is 0 Å². The third kappa shape index (κ3) is 4.44. The Labute approximate surface area is 169 Å². The maximum atomic E-state index is 11.3. The summed E-state index contributed by atoms with van der Waals surface area (Å²) in [6.45, 7) is 0. The second kappa shape index (κ2) is 9.03. The first-order valence-electron chi connectivity index (χ1n) is 9.40. The molecule has 0 radical (unpaired) electrons. The summed E-state index contributed by atoms with van der Waals surface area (Å²) in [6, 6.07) is 21.1. The van der Waals surface area contributed by atoms with Crippen molar-refractivity contribution in [2.45, 2.75) is 18.1 Å². The van der Waals surface area contributed by atoms with Crippen LogP contribution in [0.1, 0.15) is 35.0 Å². The van der Waals surface area contributed by atoms with E-state index in [1.165, 1.54) is 0 Å². The van der Waals surface area contributed by atoms with Gasteiger partial charge in [0.25, 0.3) is 0 Å². The highest BCUT2D eigenvalue weighted by molar-refractivity contribution is 5.41. The van der Waals surface area contributed by atoms with E-state index in [4.69, 9.17) is 0 Å². The van der Waals surface area contributed by atoms with Gasteiger partial charge in [0.1, 0.15) is 11.9 Å². The van der Waals surface area contributed by atoms with E-state index in [0.717, 1.165) is 11.3 Å². The maximum Gasteiger partial charge on any atom is 0.126 e. The summed E-state index contributed by atoms with van der Waals surface area (Å²) < 4.78 is 0. The highest BCUT2D eigenvalue weighted by Crippen LogP contribution is 2.41. The molecule has 3 unspecified atom stereocenters. The van der Waals surface area contributed by atoms with E-state index in [1.807, 2.05) is 66.7 Å². The number of rotatable bonds is 7. The molecule has 0 fully saturated rings. The molecule has 0 bridgehead atoms. The number of benzene rings is 1. The number of nitrogens with zero attached hydrogens (tertiary/aromatic N) is 4. The van der Waals surface area contributed by atoms with Gasteiger partial charge in [-0.05, 0) is 29.8 Å². The fraction of sp³-hybridized carbons (Fsp3) is 0.130. The van der Waals surface area contributed by atoms with Crippen molar-refractivity contribution in [1.29, 1.82) is 0 Å². The number of anilines is 1. The minimum atomic E-state index is -0.917. The van der Waals surface area contributed by atoms with Crippen LogP contribution in [0.25, 0.3) is 0 Å². The minimum absolute atomic E-state index is 0.294. The maximum absolute atomic E-state index is 11.3. The lowest BCUT2D eigenvalue weighted by atomic mass is 9.84. The molecule has 0 aliphatic rings. The number of pyridine rings is 2. The van der Waals surface area contributed by atoms with Gasteiger partial charge in [0, 0.05) is 30.5 Å². The largest absolute Gasteiger partial charge is 0.386 e. The third-order valence-corrected chi connectivity index (χ3v) is 4.74. The van der Waals surface area contributed by atoms with Crippen molar-refractivity contribution < 1.29 is 5.11 Å². The van der Waals surface area contributed by atoms with Gasteiger partial charge >= 0.3 is 0 Å². The summed E-state index contributed by atoms with van der Waals surface area (Å²) in [5, 5.41) is 14.8. The van der Waals surface area contributed by atoms with E-state index in [1.54, 1.807) is 31.0 Å². The van der Waals surface area contributed by atoms with Gasteiger partial charge in [-0.25, -0.2) is 4.98 Å². The lowest BCUT2D eigenvalue weighted by Crippen LogP contribution is -2.26. The second-order valence-corrected chi connectivity index (χ2v) is 6.60. The molecule has 0 saturated carbocycles. The normalized spacial score (nSPS) is 14.0. The highest BCUT2D eigenvalue weighted by Gasteiger charge is 2.34. The van der Waals surface area contributed by atoms with Crippen LogP contribution in [-0.2, 0) is 0 Å². The number of aliphatic hydroxyl groups excluding tert-OH is 1. The van der Waals surface area contributed by atoms with Crippen molar-refractivity contribution in [1.82, 2.24) is 19.9 Å². The van der Waals surface area contributed by atoms with Gasteiger partial charge in [-0.2, -0.15) is 0 Å². The SMILES string of the molecule is OC(c1cnccn1)C(c1ccccn1)C(Nc1ccccn1)c1ccccc1. The van der Waals surface area contributed by atoms with Gasteiger partial charge in [-0.3, -0.25) is 15.0 Å². The molecule has 3 aromatic heterocycles. The zero-order valence-electron chi connectivity index (χ0n) is 15.7. The van der Waals surface area contributed by atoms with Crippen LogP contribution in [0, 0.1) is 0 Å². The number of aromatic nitrogens is 4. The molecule has 6 nitrogen and oxygen atoms in total. The zero-order valence-corrected chi connectivity index (χ0v) is 15.7. The van der Waals surface area contributed by atoms with Crippen LogP contribution in [-0.4, -0.2) is 25.0 Å². The molecule has 4 rings (SSSR count). The molecule has 6 heteroatoms. The monoisotopic (exact) mass is 383 g/mol. The molecule has 3 atom stereocenters. The number of nitrogens with one attached hydrogen (secondary N) is 1. The molecular weight excluding hydrogens is 362 g/mol. The first-order valence-corrected chi connectivity index (χ1v) is 9.40. The average Bonchev–Trinajstić information content (AvgIpc) is 2.81. The Morgan fingerprint density at radius 2 is 1.41 bits per heavy atom. The van der Waals surface area contributed by atoms with Crippen molar-refractivity contribution in [3.05, 3.63) is 115 Å². The number of aliphatic hydroxyl groups is 1. The van der Waals surface area contributed by atoms with Crippen LogP contribution < -0.4 is 5.32 Å². The Bertz CT molecular complexity index is 1000. The van der Waals surface area contributed by atoms with Gasteiger partial charge in [-0.15, -0.1) is 0 Å². The smallest absolute Gasteiger partial charge is 0.126 e. The molecule has 0 aliphatic heterocycles. The predicted molar refractivity (Wildman–Crippen MR) is 111 cm³/mol. The van der Waals surface area contributed by atoms with E-state index in [-0.39, 0.29) is 6.04 Å². The first kappa shape index (κ1) is 18.7. The van der Waals surface area contributed by atoms with Crippen molar-refractivity contribution >= 4 is 5.82 Å². The Morgan fingerprint density at radius 1 is 0.690 bits per heavy atom. The van der Waals surface area contributed by atoms with Crippen LogP contribution in [0.4, 0.5) is 5.82 Å². The van der Waals surface area contributed by atoms with Crippen molar-refractivity contribution in [2.75, 3.05) is 5.32 Å². The summed E-state index contributed by atoms with van der Waals surface area (Å²) in [4.78, 5) is 17.4. The average molecular weight is 383 g/mol. The molecule has 0 spiro atoms. The summed E-state index contributed by atoms with van der Waals surface area (Å²) in [5.74, 6) is 0.297. The van der Waals surface area contributed by atoms with Crippen LogP contribution in [0.15, 0.2) is 97.7 Å². The summed E-state index contributed by atoms with van der Waals surface area (Å²) in [5.41, 5.74) is 2.26. The van der Waals surface area contributed by atoms with Crippen molar-refractivity contribution in [2.24, 2.45) is 0 Å². The summed E-state index contributed by atoms with van der Waals surface area (Å²) in [6.07, 6.45) is 7.31. The first-order chi connectivity index (χ1) is 14.3. The third-order valence-electron chi connectivity index (χ3n) is 4.74. The molecule has 144 valence electrons. The standard InChI is InChI=1S/C23H21N5O/c29-23(19-16-24-14-15-26-19)21(18-10-4-6-12-25-18)22(17-8-2-1-3-9-17)28-20-11-5-7-13-27-20/h1-16,21-23,29H,(H,27,28). The van der Waals surface area contributed by atoms with Gasteiger partial charge in [0.05, 0.1) is 23.9 Å². The van der Waals surface area contributed by atoms with Gasteiger partial charge in [0.15, 0.2) is 0 Å². The van der Waals surface area contributed by atoms with E-state index in [9.17, 15) is 5.11 Å². The molecular formula is C23H21N5O. The molecule has 3 heterocycles. The lowest BCUT2D eigenvalue weighted by molar-refractivity contribution is 0.128. The molecule has 2 N–H and O–H groups in total. The highest BCUT2D eigenvalue weighted by atomic mass is 16.3. The zero-order chi connectivity index (χ0) is 19.9. The van der Waals surface area contributed by atoms with E-state index < -0.39 is 12.0 Å². The summed E-state index contributed by atoms with van der Waals surface area (Å²) in [7, 11) is 0. The molecule has 0 amide bonds. The fourth-order valence-electron chi connectivity index (χ4n) is 3.38. The van der Waals surface area contributed by atoms with Gasteiger partial charge < -0.3 is 10.4 Å². The number of hydrogen-bond donors (Lipinski definition) is 2. The van der Waals surface area contributed by atoms with Crippen molar-refractivity contribution in [3.63, 3.8) is 0 Å². The topological polar surface area (TPSA) is 83.8 Å². The molecule has 29 heavy (non-hydrogen) atoms. The van der Waals surface area contributed by atoms with Gasteiger partial charge in [0.2, 0.25) is 0 Å². The van der Waals surface area contributed by atoms with Crippen LogP contribution >= 0.6 is 0 Å². The van der Waals surface area contributed by atoms with Gasteiger partial charge in [-0.1, -0.05) is 42.5 Å². The van der Waals surface area contributed by atoms with Crippen molar-refractivity contribution in [3.8, 4) is 0 Å². The number of hydrogen-bond acceptors (Lipinski definition) is 6. The molecule has 0 saturated heterocycles. The fourth-order valence-corrected chi connectivity index (χ4v) is 3.38. The quantitative estimate of drug-likeness (QED) is 0.503. The Morgan fingerprint density at radius 3 is 2.07 bits per heavy atom. The van der Waals surface area contributed by atoms with E-state index in [0.29, 0.717) is 11.5 Å². The summed E-state index contributed by atoms with van der Waals surface area (Å²) >= 11 is 0. The second-order valence-electron chi connectivity index (χ2n) is 6.60. The lowest BCUT2D eigenvalue weighted by Gasteiger charge is -2.31. The molecule has 1 aromatic carbocycles. The van der Waals surface area contributed by atoms with E-state index in [2.05, 4.69) is 25.3 Å². The van der Waals surface area contributed by atoms with E-state index >= 15 is 0 Å². The Hall–Kier alpha value is -3.64. The van der Waals surface area contributed by atoms with Crippen LogP contribution in [0.5, 0.6) is 0 Å². The Kier molecular flexibility index (Phi) is 5.83. The molecule has 0 aliphatic carbocycles. The van der Waals surface area contributed by atoms with Crippen LogP contribution in [0.3, 0.4) is 0 Å².